The molecule has 0 N–H and O–H groups in total. The summed E-state index contributed by atoms with van der Waals surface area (Å²) >= 11 is 2.12. The minimum atomic E-state index is 1.19. The topological polar surface area (TPSA) is 0 Å². The fourth-order valence-corrected chi connectivity index (χ4v) is 2.25. The SMILES string of the molecule is C=CCCCCSCCCCCC. The Bertz CT molecular complexity index is 99.3. The fourth-order valence-electron chi connectivity index (χ4n) is 1.23. The zero-order valence-corrected chi connectivity index (χ0v) is 9.87. The van der Waals surface area contributed by atoms with Crippen molar-refractivity contribution in [1.82, 2.24) is 0 Å². The van der Waals surface area contributed by atoms with Gasteiger partial charge < -0.3 is 0 Å². The Hall–Kier alpha value is 0.0900. The van der Waals surface area contributed by atoms with Gasteiger partial charge in [0.2, 0.25) is 0 Å². The largest absolute Gasteiger partial charge is 0.162 e. The lowest BCUT2D eigenvalue weighted by atomic mass is 10.2. The first-order valence-electron chi connectivity index (χ1n) is 5.60. The van der Waals surface area contributed by atoms with Crippen LogP contribution in [0.1, 0.15) is 51.9 Å². The summed E-state index contributed by atoms with van der Waals surface area (Å²) in [5.41, 5.74) is 0. The van der Waals surface area contributed by atoms with Crippen molar-refractivity contribution in [3.8, 4) is 0 Å². The van der Waals surface area contributed by atoms with Gasteiger partial charge in [-0.3, -0.25) is 0 Å². The molecule has 0 aromatic heterocycles. The maximum atomic E-state index is 3.72. The molecule has 0 atom stereocenters. The summed E-state index contributed by atoms with van der Waals surface area (Å²) in [7, 11) is 0. The molecule has 0 radical (unpaired) electrons. The first-order valence-corrected chi connectivity index (χ1v) is 6.76. The number of hydrogen-bond donors (Lipinski definition) is 0. The fraction of sp³-hybridized carbons (Fsp3) is 0.833. The summed E-state index contributed by atoms with van der Waals surface area (Å²) in [5.74, 6) is 2.72. The third-order valence-electron chi connectivity index (χ3n) is 2.09. The number of unbranched alkanes of at least 4 members (excludes halogenated alkanes) is 5. The van der Waals surface area contributed by atoms with Gasteiger partial charge in [-0.25, -0.2) is 0 Å². The first-order chi connectivity index (χ1) is 6.41. The van der Waals surface area contributed by atoms with E-state index in [2.05, 4.69) is 25.3 Å². The van der Waals surface area contributed by atoms with Crippen molar-refractivity contribution >= 4 is 11.8 Å². The summed E-state index contributed by atoms with van der Waals surface area (Å²) in [5, 5.41) is 0. The second kappa shape index (κ2) is 12.1. The number of rotatable bonds is 10. The highest BCUT2D eigenvalue weighted by molar-refractivity contribution is 7.99. The molecule has 0 saturated carbocycles. The second-order valence-corrected chi connectivity index (χ2v) is 4.68. The molecule has 0 heterocycles. The zero-order chi connectivity index (χ0) is 9.78. The van der Waals surface area contributed by atoms with Crippen LogP contribution in [0.15, 0.2) is 12.7 Å². The molecule has 0 amide bonds. The van der Waals surface area contributed by atoms with Crippen LogP contribution in [0.4, 0.5) is 0 Å². The van der Waals surface area contributed by atoms with Crippen LogP contribution in [0.25, 0.3) is 0 Å². The van der Waals surface area contributed by atoms with Crippen LogP contribution in [0.2, 0.25) is 0 Å². The van der Waals surface area contributed by atoms with Crippen molar-refractivity contribution in [3.05, 3.63) is 12.7 Å². The highest BCUT2D eigenvalue weighted by Gasteiger charge is 1.90. The van der Waals surface area contributed by atoms with E-state index in [-0.39, 0.29) is 0 Å². The lowest BCUT2D eigenvalue weighted by Gasteiger charge is -2.00. The molecule has 0 aliphatic rings. The molecule has 0 bridgehead atoms. The van der Waals surface area contributed by atoms with Crippen LogP contribution < -0.4 is 0 Å². The van der Waals surface area contributed by atoms with E-state index in [9.17, 15) is 0 Å². The smallest absolute Gasteiger partial charge is 0.00674 e. The molecule has 0 rings (SSSR count). The Kier molecular flexibility index (Phi) is 12.2. The highest BCUT2D eigenvalue weighted by Crippen LogP contribution is 2.10. The Morgan fingerprint density at radius 3 is 2.31 bits per heavy atom. The second-order valence-electron chi connectivity index (χ2n) is 3.46. The van der Waals surface area contributed by atoms with E-state index in [4.69, 9.17) is 0 Å². The Morgan fingerprint density at radius 2 is 1.69 bits per heavy atom. The quantitative estimate of drug-likeness (QED) is 0.365. The Balaban J connectivity index is 2.79. The Labute approximate surface area is 88.2 Å². The number of allylic oxidation sites excluding steroid dienone is 1. The van der Waals surface area contributed by atoms with Gasteiger partial charge >= 0.3 is 0 Å². The predicted molar refractivity (Wildman–Crippen MR) is 65.5 cm³/mol. The number of thioether (sulfide) groups is 1. The molecule has 0 aromatic rings. The molecule has 78 valence electrons. The average Bonchev–Trinajstić information content (AvgIpc) is 2.16. The van der Waals surface area contributed by atoms with Crippen molar-refractivity contribution in [2.75, 3.05) is 11.5 Å². The first kappa shape index (κ1) is 13.1. The normalized spacial score (nSPS) is 10.2. The Morgan fingerprint density at radius 1 is 1.00 bits per heavy atom. The van der Waals surface area contributed by atoms with Crippen LogP contribution in [0.3, 0.4) is 0 Å². The molecule has 0 saturated heterocycles. The van der Waals surface area contributed by atoms with Gasteiger partial charge in [0.15, 0.2) is 0 Å². The molecule has 0 spiro atoms. The predicted octanol–water partition coefficient (Wildman–Crippen LogP) is 4.66. The molecule has 0 nitrogen and oxygen atoms in total. The monoisotopic (exact) mass is 200 g/mol. The molecule has 0 aliphatic heterocycles. The maximum absolute atomic E-state index is 3.72. The van der Waals surface area contributed by atoms with E-state index >= 15 is 0 Å². The van der Waals surface area contributed by atoms with Crippen molar-refractivity contribution < 1.29 is 0 Å². The van der Waals surface area contributed by atoms with Gasteiger partial charge in [-0.15, -0.1) is 6.58 Å². The number of hydrogen-bond acceptors (Lipinski definition) is 1. The molecular weight excluding hydrogens is 176 g/mol. The summed E-state index contributed by atoms with van der Waals surface area (Å²) in [6.45, 7) is 5.99. The van der Waals surface area contributed by atoms with Crippen LogP contribution in [-0.4, -0.2) is 11.5 Å². The molecular formula is C12H24S. The van der Waals surface area contributed by atoms with Crippen molar-refractivity contribution in [2.45, 2.75) is 51.9 Å². The van der Waals surface area contributed by atoms with Gasteiger partial charge in [-0.05, 0) is 37.2 Å². The van der Waals surface area contributed by atoms with E-state index < -0.39 is 0 Å². The summed E-state index contributed by atoms with van der Waals surface area (Å²) in [4.78, 5) is 0. The molecule has 0 unspecified atom stereocenters. The van der Waals surface area contributed by atoms with E-state index in [1.165, 1.54) is 56.5 Å². The van der Waals surface area contributed by atoms with E-state index in [1.807, 2.05) is 6.08 Å². The van der Waals surface area contributed by atoms with Gasteiger partial charge in [0.25, 0.3) is 0 Å². The van der Waals surface area contributed by atoms with Gasteiger partial charge in [-0.2, -0.15) is 11.8 Å². The summed E-state index contributed by atoms with van der Waals surface area (Å²) < 4.78 is 0. The summed E-state index contributed by atoms with van der Waals surface area (Å²) in [6.07, 6.45) is 11.5. The molecule has 0 aliphatic carbocycles. The third-order valence-corrected chi connectivity index (χ3v) is 3.24. The lowest BCUT2D eigenvalue weighted by molar-refractivity contribution is 0.706. The van der Waals surface area contributed by atoms with Gasteiger partial charge in [0.1, 0.15) is 0 Å². The average molecular weight is 200 g/mol. The van der Waals surface area contributed by atoms with Crippen molar-refractivity contribution in [2.24, 2.45) is 0 Å². The van der Waals surface area contributed by atoms with Crippen LogP contribution in [0.5, 0.6) is 0 Å². The minimum absolute atomic E-state index is 1.19. The van der Waals surface area contributed by atoms with Crippen LogP contribution in [-0.2, 0) is 0 Å². The van der Waals surface area contributed by atoms with Crippen molar-refractivity contribution in [3.63, 3.8) is 0 Å². The molecule has 13 heavy (non-hydrogen) atoms. The third kappa shape index (κ3) is 12.1. The summed E-state index contributed by atoms with van der Waals surface area (Å²) in [6, 6.07) is 0. The van der Waals surface area contributed by atoms with Crippen LogP contribution >= 0.6 is 11.8 Å². The van der Waals surface area contributed by atoms with E-state index in [0.717, 1.165) is 0 Å². The van der Waals surface area contributed by atoms with Gasteiger partial charge in [-0.1, -0.05) is 32.3 Å². The van der Waals surface area contributed by atoms with E-state index in [1.54, 1.807) is 0 Å². The lowest BCUT2D eigenvalue weighted by Crippen LogP contribution is -1.84. The zero-order valence-electron chi connectivity index (χ0n) is 9.06. The van der Waals surface area contributed by atoms with Crippen LogP contribution in [0, 0.1) is 0 Å². The molecule has 0 fully saturated rings. The maximum Gasteiger partial charge on any atom is -0.00674 e. The minimum Gasteiger partial charge on any atom is -0.162 e. The molecule has 0 aromatic carbocycles. The molecule has 1 heteroatoms. The highest BCUT2D eigenvalue weighted by atomic mass is 32.2. The van der Waals surface area contributed by atoms with Gasteiger partial charge in [0.05, 0.1) is 0 Å². The van der Waals surface area contributed by atoms with Gasteiger partial charge in [0, 0.05) is 0 Å². The van der Waals surface area contributed by atoms with Crippen molar-refractivity contribution in [1.29, 1.82) is 0 Å². The van der Waals surface area contributed by atoms with E-state index in [0.29, 0.717) is 0 Å². The standard InChI is InChI=1S/C12H24S/c1-3-5-7-9-11-13-12-10-8-6-4-2/h3H,1,4-12H2,2H3.